The van der Waals surface area contributed by atoms with Gasteiger partial charge in [0.15, 0.2) is 0 Å². The molecule has 1 aromatic heterocycles. The van der Waals surface area contributed by atoms with Gasteiger partial charge in [0.25, 0.3) is 0 Å². The van der Waals surface area contributed by atoms with Gasteiger partial charge in [-0.1, -0.05) is 5.21 Å². The molecule has 0 fully saturated rings. The topological polar surface area (TPSA) is 57.0 Å². The number of fused-ring (bicyclic) bond motifs is 1. The molecule has 0 radical (unpaired) electrons. The number of hydrogen-bond donors (Lipinski definition) is 0. The van der Waals surface area contributed by atoms with E-state index in [-0.39, 0.29) is 12.0 Å². The van der Waals surface area contributed by atoms with Gasteiger partial charge >= 0.3 is 5.97 Å². The van der Waals surface area contributed by atoms with Gasteiger partial charge in [0.05, 0.1) is 17.7 Å². The van der Waals surface area contributed by atoms with Crippen LogP contribution in [0, 0.1) is 0 Å². The molecule has 0 saturated heterocycles. The van der Waals surface area contributed by atoms with Crippen molar-refractivity contribution in [2.45, 2.75) is 26.8 Å². The highest BCUT2D eigenvalue weighted by Crippen LogP contribution is 2.17. The van der Waals surface area contributed by atoms with Crippen LogP contribution in [0.1, 0.15) is 37.2 Å². The van der Waals surface area contributed by atoms with Gasteiger partial charge < -0.3 is 4.74 Å². The van der Waals surface area contributed by atoms with Crippen molar-refractivity contribution in [2.24, 2.45) is 0 Å². The minimum atomic E-state index is -0.325. The molecule has 0 bridgehead atoms. The number of ether oxygens (including phenoxy) is 1. The molecule has 5 heteroatoms. The van der Waals surface area contributed by atoms with Crippen molar-refractivity contribution >= 4 is 17.0 Å². The molecule has 1 aromatic carbocycles. The van der Waals surface area contributed by atoms with Crippen LogP contribution >= 0.6 is 0 Å². The van der Waals surface area contributed by atoms with Crippen LogP contribution in [0.5, 0.6) is 0 Å². The highest BCUT2D eigenvalue weighted by Gasteiger charge is 2.11. The second-order valence-electron chi connectivity index (χ2n) is 4.05. The molecule has 5 nitrogen and oxygen atoms in total. The van der Waals surface area contributed by atoms with E-state index in [4.69, 9.17) is 4.74 Å². The summed E-state index contributed by atoms with van der Waals surface area (Å²) in [6, 6.07) is 5.54. The van der Waals surface area contributed by atoms with Gasteiger partial charge in [-0.2, -0.15) is 0 Å². The largest absolute Gasteiger partial charge is 0.462 e. The minimum Gasteiger partial charge on any atom is -0.462 e. The normalized spacial score (nSPS) is 11.1. The van der Waals surface area contributed by atoms with Gasteiger partial charge in [-0.25, -0.2) is 9.48 Å². The second kappa shape index (κ2) is 4.53. The van der Waals surface area contributed by atoms with Crippen LogP contribution < -0.4 is 0 Å². The molecule has 1 heterocycles. The van der Waals surface area contributed by atoms with Crippen LogP contribution in [0.25, 0.3) is 11.0 Å². The zero-order valence-corrected chi connectivity index (χ0v) is 10.2. The third-order valence-corrected chi connectivity index (χ3v) is 2.47. The Morgan fingerprint density at radius 2 is 2.24 bits per heavy atom. The monoisotopic (exact) mass is 233 g/mol. The summed E-state index contributed by atoms with van der Waals surface area (Å²) >= 11 is 0. The molecule has 0 amide bonds. The maximum atomic E-state index is 11.6. The van der Waals surface area contributed by atoms with Crippen molar-refractivity contribution in [1.29, 1.82) is 0 Å². The standard InChI is InChI=1S/C12H15N3O2/c1-4-17-12(16)9-5-6-11-10(7-9)13-14-15(11)8(2)3/h5-8H,4H2,1-3H3. The molecule has 2 aromatic rings. The van der Waals surface area contributed by atoms with Crippen molar-refractivity contribution < 1.29 is 9.53 Å². The number of aromatic nitrogens is 3. The Balaban J connectivity index is 2.42. The molecule has 0 N–H and O–H groups in total. The smallest absolute Gasteiger partial charge is 0.338 e. The van der Waals surface area contributed by atoms with Crippen LogP contribution in [0.15, 0.2) is 18.2 Å². The van der Waals surface area contributed by atoms with Gasteiger partial charge in [0.2, 0.25) is 0 Å². The number of carbonyl (C=O) groups excluding carboxylic acids is 1. The zero-order valence-electron chi connectivity index (χ0n) is 10.2. The number of benzene rings is 1. The number of carbonyl (C=O) groups is 1. The van der Waals surface area contributed by atoms with E-state index in [1.165, 1.54) is 0 Å². The van der Waals surface area contributed by atoms with Crippen LogP contribution in [-0.4, -0.2) is 27.6 Å². The summed E-state index contributed by atoms with van der Waals surface area (Å²) < 4.78 is 6.76. The molecule has 0 aliphatic rings. The van der Waals surface area contributed by atoms with Crippen LogP contribution in [0.3, 0.4) is 0 Å². The van der Waals surface area contributed by atoms with Crippen LogP contribution in [0.2, 0.25) is 0 Å². The maximum Gasteiger partial charge on any atom is 0.338 e. The molecule has 0 aliphatic heterocycles. The van der Waals surface area contributed by atoms with Gasteiger partial charge in [-0.05, 0) is 39.0 Å². The number of esters is 1. The summed E-state index contributed by atoms with van der Waals surface area (Å²) in [7, 11) is 0. The first-order valence-electron chi connectivity index (χ1n) is 5.65. The van der Waals surface area contributed by atoms with E-state index >= 15 is 0 Å². The van der Waals surface area contributed by atoms with E-state index in [0.29, 0.717) is 17.7 Å². The zero-order chi connectivity index (χ0) is 12.4. The SMILES string of the molecule is CCOC(=O)c1ccc2c(c1)nnn2C(C)C. The van der Waals surface area contributed by atoms with E-state index < -0.39 is 0 Å². The lowest BCUT2D eigenvalue weighted by Gasteiger charge is -2.05. The molecule has 0 atom stereocenters. The van der Waals surface area contributed by atoms with Crippen molar-refractivity contribution in [3.05, 3.63) is 23.8 Å². The Kier molecular flexibility index (Phi) is 3.08. The van der Waals surface area contributed by atoms with E-state index in [9.17, 15) is 4.79 Å². The highest BCUT2D eigenvalue weighted by molar-refractivity contribution is 5.93. The summed E-state index contributed by atoms with van der Waals surface area (Å²) in [4.78, 5) is 11.6. The summed E-state index contributed by atoms with van der Waals surface area (Å²) in [5, 5.41) is 8.10. The molecule has 17 heavy (non-hydrogen) atoms. The first-order chi connectivity index (χ1) is 8.13. The minimum absolute atomic E-state index is 0.244. The first kappa shape index (κ1) is 11.6. The molecule has 0 aliphatic carbocycles. The van der Waals surface area contributed by atoms with Gasteiger partial charge in [-0.3, -0.25) is 0 Å². The second-order valence-corrected chi connectivity index (χ2v) is 4.05. The lowest BCUT2D eigenvalue weighted by Crippen LogP contribution is -2.05. The van der Waals surface area contributed by atoms with Crippen molar-refractivity contribution in [2.75, 3.05) is 6.61 Å². The Hall–Kier alpha value is -1.91. The number of rotatable bonds is 3. The summed E-state index contributed by atoms with van der Waals surface area (Å²) in [5.41, 5.74) is 2.15. The Labute approximate surface area is 99.4 Å². The van der Waals surface area contributed by atoms with Crippen LogP contribution in [0.4, 0.5) is 0 Å². The van der Waals surface area contributed by atoms with Crippen LogP contribution in [-0.2, 0) is 4.74 Å². The highest BCUT2D eigenvalue weighted by atomic mass is 16.5. The third kappa shape index (κ3) is 2.13. The van der Waals surface area contributed by atoms with E-state index in [0.717, 1.165) is 5.52 Å². The quantitative estimate of drug-likeness (QED) is 0.762. The average molecular weight is 233 g/mol. The molecular formula is C12H15N3O2. The predicted molar refractivity (Wildman–Crippen MR) is 63.9 cm³/mol. The average Bonchev–Trinajstić information content (AvgIpc) is 2.71. The summed E-state index contributed by atoms with van der Waals surface area (Å²) in [6.45, 7) is 6.22. The Morgan fingerprint density at radius 3 is 2.88 bits per heavy atom. The lowest BCUT2D eigenvalue weighted by molar-refractivity contribution is 0.0526. The van der Waals surface area contributed by atoms with E-state index in [1.807, 2.05) is 24.6 Å². The first-order valence-corrected chi connectivity index (χ1v) is 5.65. The molecule has 2 rings (SSSR count). The predicted octanol–water partition coefficient (Wildman–Crippen LogP) is 2.19. The summed E-state index contributed by atoms with van der Waals surface area (Å²) in [5.74, 6) is -0.325. The molecule has 0 unspecified atom stereocenters. The Morgan fingerprint density at radius 1 is 1.47 bits per heavy atom. The maximum absolute atomic E-state index is 11.6. The fourth-order valence-electron chi connectivity index (χ4n) is 1.66. The van der Waals surface area contributed by atoms with Crippen molar-refractivity contribution in [1.82, 2.24) is 15.0 Å². The van der Waals surface area contributed by atoms with Crippen molar-refractivity contribution in [3.8, 4) is 0 Å². The van der Waals surface area contributed by atoms with Gasteiger partial charge in [-0.15, -0.1) is 5.10 Å². The third-order valence-electron chi connectivity index (χ3n) is 2.47. The van der Waals surface area contributed by atoms with E-state index in [2.05, 4.69) is 10.3 Å². The molecular weight excluding hydrogens is 218 g/mol. The van der Waals surface area contributed by atoms with Gasteiger partial charge in [0, 0.05) is 6.04 Å². The fraction of sp³-hybridized carbons (Fsp3) is 0.417. The number of hydrogen-bond acceptors (Lipinski definition) is 4. The molecule has 0 saturated carbocycles. The molecule has 0 spiro atoms. The number of nitrogens with zero attached hydrogens (tertiary/aromatic N) is 3. The lowest BCUT2D eigenvalue weighted by atomic mass is 10.2. The molecule has 90 valence electrons. The Bertz CT molecular complexity index is 546. The van der Waals surface area contributed by atoms with Crippen molar-refractivity contribution in [3.63, 3.8) is 0 Å². The van der Waals surface area contributed by atoms with E-state index in [1.54, 1.807) is 19.1 Å². The fourth-order valence-corrected chi connectivity index (χ4v) is 1.66. The van der Waals surface area contributed by atoms with Gasteiger partial charge in [0.1, 0.15) is 5.52 Å². The summed E-state index contributed by atoms with van der Waals surface area (Å²) in [6.07, 6.45) is 0.